The van der Waals surface area contributed by atoms with Crippen LogP contribution in [-0.2, 0) is 6.54 Å². The molecule has 0 radical (unpaired) electrons. The molecular weight excluding hydrogens is 374 g/mol. The topological polar surface area (TPSA) is 48.5 Å². The maximum absolute atomic E-state index is 13.5. The van der Waals surface area contributed by atoms with Crippen molar-refractivity contribution < 1.29 is 4.74 Å². The fourth-order valence-corrected chi connectivity index (χ4v) is 4.19. The average molecular weight is 402 g/mol. The van der Waals surface area contributed by atoms with Crippen LogP contribution in [0.4, 0.5) is 0 Å². The number of halogens is 1. The van der Waals surface area contributed by atoms with E-state index in [0.717, 1.165) is 35.2 Å². The Balaban J connectivity index is 2.37. The molecule has 3 rings (SSSR count). The highest BCUT2D eigenvalue weighted by atomic mass is 35.5. The van der Waals surface area contributed by atoms with Crippen molar-refractivity contribution in [3.8, 4) is 17.1 Å². The van der Waals surface area contributed by atoms with E-state index in [1.165, 1.54) is 0 Å². The molecule has 2 aromatic heterocycles. The van der Waals surface area contributed by atoms with Gasteiger partial charge in [-0.2, -0.15) is 0 Å². The van der Waals surface area contributed by atoms with E-state index in [9.17, 15) is 4.79 Å². The van der Waals surface area contributed by atoms with Gasteiger partial charge in [0.15, 0.2) is 5.82 Å². The molecule has 0 unspecified atom stereocenters. The van der Waals surface area contributed by atoms with Gasteiger partial charge in [0.1, 0.15) is 11.3 Å². The Morgan fingerprint density at radius 1 is 1.14 bits per heavy atom. The molecule has 0 spiro atoms. The minimum atomic E-state index is -0.0213. The first kappa shape index (κ1) is 20.5. The Kier molecular flexibility index (Phi) is 5.84. The van der Waals surface area contributed by atoms with Gasteiger partial charge < -0.3 is 4.74 Å². The second-order valence-electron chi connectivity index (χ2n) is 7.19. The lowest BCUT2D eigenvalue weighted by Crippen LogP contribution is -2.26. The highest BCUT2D eigenvalue weighted by Crippen LogP contribution is 2.34. The molecule has 0 aliphatic heterocycles. The molecule has 5 nitrogen and oxygen atoms in total. The fourth-order valence-electron chi connectivity index (χ4n) is 3.96. The van der Waals surface area contributed by atoms with Crippen LogP contribution in [-0.4, -0.2) is 21.3 Å². The Hall–Kier alpha value is -2.27. The molecule has 150 valence electrons. The van der Waals surface area contributed by atoms with Crippen LogP contribution >= 0.6 is 11.6 Å². The van der Waals surface area contributed by atoms with E-state index in [1.54, 1.807) is 22.3 Å². The molecule has 0 bridgehead atoms. The zero-order chi connectivity index (χ0) is 20.6. The van der Waals surface area contributed by atoms with E-state index in [0.29, 0.717) is 34.6 Å². The zero-order valence-electron chi connectivity index (χ0n) is 17.5. The molecule has 28 heavy (non-hydrogen) atoms. The van der Waals surface area contributed by atoms with Gasteiger partial charge in [0, 0.05) is 17.8 Å². The van der Waals surface area contributed by atoms with Crippen molar-refractivity contribution in [1.29, 1.82) is 0 Å². The number of aromatic nitrogens is 3. The summed E-state index contributed by atoms with van der Waals surface area (Å²) in [6.45, 7) is 10.7. The highest BCUT2D eigenvalue weighted by Gasteiger charge is 2.22. The van der Waals surface area contributed by atoms with E-state index < -0.39 is 0 Å². The number of hydrogen-bond acceptors (Lipinski definition) is 3. The first-order valence-corrected chi connectivity index (χ1v) is 10.2. The van der Waals surface area contributed by atoms with Gasteiger partial charge >= 0.3 is 0 Å². The van der Waals surface area contributed by atoms with Gasteiger partial charge in [0.05, 0.1) is 12.1 Å². The standard InChI is InChI=1S/C22H28ClN3O2/c1-7-15(8-2)16-11-14(5)26-20(16)22(27)25(9-3)21(24-26)17-10-13(4)19(28-6)12-18(17)23/h10-12,15H,7-9H2,1-6H3. The SMILES string of the molecule is CCC(CC)c1cc(C)n2nc(-c3cc(C)c(OC)cc3Cl)n(CC)c(=O)c12. The summed E-state index contributed by atoms with van der Waals surface area (Å²) >= 11 is 6.54. The molecule has 0 saturated carbocycles. The van der Waals surface area contributed by atoms with Crippen LogP contribution in [0.15, 0.2) is 23.0 Å². The van der Waals surface area contributed by atoms with Gasteiger partial charge in [0.2, 0.25) is 0 Å². The largest absolute Gasteiger partial charge is 0.496 e. The van der Waals surface area contributed by atoms with E-state index in [-0.39, 0.29) is 5.56 Å². The maximum atomic E-state index is 13.5. The number of benzene rings is 1. The van der Waals surface area contributed by atoms with Crippen LogP contribution in [0, 0.1) is 13.8 Å². The zero-order valence-corrected chi connectivity index (χ0v) is 18.2. The lowest BCUT2D eigenvalue weighted by molar-refractivity contribution is 0.412. The molecule has 0 aliphatic carbocycles. The van der Waals surface area contributed by atoms with Crippen LogP contribution in [0.3, 0.4) is 0 Å². The Morgan fingerprint density at radius 2 is 1.82 bits per heavy atom. The van der Waals surface area contributed by atoms with E-state index in [1.807, 2.05) is 26.8 Å². The van der Waals surface area contributed by atoms with Gasteiger partial charge in [-0.25, -0.2) is 4.52 Å². The number of rotatable bonds is 6. The molecule has 0 amide bonds. The maximum Gasteiger partial charge on any atom is 0.278 e. The van der Waals surface area contributed by atoms with Crippen molar-refractivity contribution in [2.45, 2.75) is 59.9 Å². The van der Waals surface area contributed by atoms with Crippen molar-refractivity contribution in [2.75, 3.05) is 7.11 Å². The van der Waals surface area contributed by atoms with Crippen LogP contribution < -0.4 is 10.3 Å². The molecule has 0 N–H and O–H groups in total. The normalized spacial score (nSPS) is 11.6. The van der Waals surface area contributed by atoms with Crippen molar-refractivity contribution >= 4 is 17.1 Å². The molecule has 2 heterocycles. The van der Waals surface area contributed by atoms with Crippen LogP contribution in [0.5, 0.6) is 5.75 Å². The highest BCUT2D eigenvalue weighted by molar-refractivity contribution is 6.33. The van der Waals surface area contributed by atoms with Crippen molar-refractivity contribution in [1.82, 2.24) is 14.2 Å². The van der Waals surface area contributed by atoms with Gasteiger partial charge in [-0.3, -0.25) is 9.36 Å². The number of hydrogen-bond donors (Lipinski definition) is 0. The van der Waals surface area contributed by atoms with Crippen molar-refractivity contribution in [3.63, 3.8) is 0 Å². The molecule has 3 aromatic rings. The first-order valence-electron chi connectivity index (χ1n) is 9.85. The number of methoxy groups -OCH3 is 1. The van der Waals surface area contributed by atoms with Gasteiger partial charge in [-0.1, -0.05) is 25.4 Å². The summed E-state index contributed by atoms with van der Waals surface area (Å²) in [6, 6.07) is 5.81. The molecule has 0 atom stereocenters. The van der Waals surface area contributed by atoms with Crippen molar-refractivity contribution in [3.05, 3.63) is 50.4 Å². The van der Waals surface area contributed by atoms with Crippen LogP contribution in [0.25, 0.3) is 16.9 Å². The molecule has 0 fully saturated rings. The minimum Gasteiger partial charge on any atom is -0.496 e. The summed E-state index contributed by atoms with van der Waals surface area (Å²) in [6.07, 6.45) is 1.98. The number of fused-ring (bicyclic) bond motifs is 1. The van der Waals surface area contributed by atoms with E-state index in [2.05, 4.69) is 19.9 Å². The van der Waals surface area contributed by atoms with Gasteiger partial charge in [-0.15, -0.1) is 5.10 Å². The summed E-state index contributed by atoms with van der Waals surface area (Å²) in [5, 5.41) is 5.37. The summed E-state index contributed by atoms with van der Waals surface area (Å²) in [4.78, 5) is 13.5. The lowest BCUT2D eigenvalue weighted by atomic mass is 9.95. The summed E-state index contributed by atoms with van der Waals surface area (Å²) in [7, 11) is 1.62. The molecule has 1 aromatic carbocycles. The third-order valence-electron chi connectivity index (χ3n) is 5.55. The summed E-state index contributed by atoms with van der Waals surface area (Å²) in [5.74, 6) is 1.64. The molecule has 6 heteroatoms. The molecule has 0 saturated heterocycles. The lowest BCUT2D eigenvalue weighted by Gasteiger charge is -2.16. The molecular formula is C22H28ClN3O2. The number of nitrogens with zero attached hydrogens (tertiary/aromatic N) is 3. The number of ether oxygens (including phenoxy) is 1. The third-order valence-corrected chi connectivity index (χ3v) is 5.86. The second kappa shape index (κ2) is 8.00. The van der Waals surface area contributed by atoms with Crippen molar-refractivity contribution in [2.24, 2.45) is 0 Å². The second-order valence-corrected chi connectivity index (χ2v) is 7.60. The van der Waals surface area contributed by atoms with Gasteiger partial charge in [-0.05, 0) is 68.9 Å². The molecule has 0 aliphatic rings. The first-order chi connectivity index (χ1) is 13.4. The Morgan fingerprint density at radius 3 is 2.39 bits per heavy atom. The average Bonchev–Trinajstić information content (AvgIpc) is 3.01. The smallest absolute Gasteiger partial charge is 0.278 e. The number of aryl methyl sites for hydroxylation is 2. The predicted molar refractivity (Wildman–Crippen MR) is 115 cm³/mol. The quantitative estimate of drug-likeness (QED) is 0.558. The minimum absolute atomic E-state index is 0.0213. The van der Waals surface area contributed by atoms with Crippen LogP contribution in [0.1, 0.15) is 56.4 Å². The monoisotopic (exact) mass is 401 g/mol. The summed E-state index contributed by atoms with van der Waals surface area (Å²) < 4.78 is 8.86. The van der Waals surface area contributed by atoms with Crippen LogP contribution in [0.2, 0.25) is 5.02 Å². The summed E-state index contributed by atoms with van der Waals surface area (Å²) in [5.41, 5.74) is 4.38. The van der Waals surface area contributed by atoms with E-state index >= 15 is 0 Å². The Labute approximate surface area is 170 Å². The fraction of sp³-hybridized carbons (Fsp3) is 0.455. The van der Waals surface area contributed by atoms with Gasteiger partial charge in [0.25, 0.3) is 5.56 Å². The predicted octanol–water partition coefficient (Wildman–Crippen LogP) is 5.37. The van der Waals surface area contributed by atoms with E-state index in [4.69, 9.17) is 21.4 Å². The third kappa shape index (κ3) is 3.22. The Bertz CT molecular complexity index is 1080.